The third kappa shape index (κ3) is 7.38. The summed E-state index contributed by atoms with van der Waals surface area (Å²) >= 11 is 0. The number of hydrogen-bond donors (Lipinski definition) is 0. The molecule has 0 N–H and O–H groups in total. The molecule has 0 aliphatic heterocycles. The van der Waals surface area contributed by atoms with E-state index in [9.17, 15) is 16.8 Å². The fraction of sp³-hybridized carbons (Fsp3) is 0.333. The first-order chi connectivity index (χ1) is 19.3. The molecule has 0 saturated heterocycles. The normalized spacial score (nSPS) is 11.9. The summed E-state index contributed by atoms with van der Waals surface area (Å²) in [5, 5.41) is 4.23. The van der Waals surface area contributed by atoms with Crippen molar-refractivity contribution in [1.29, 1.82) is 0 Å². The zero-order valence-corrected chi connectivity index (χ0v) is 25.2. The Labute approximate surface area is 239 Å². The van der Waals surface area contributed by atoms with E-state index in [2.05, 4.69) is 21.6 Å². The third-order valence-electron chi connectivity index (χ3n) is 6.20. The average Bonchev–Trinajstić information content (AvgIpc) is 3.39. The molecule has 41 heavy (non-hydrogen) atoms. The molecule has 14 heteroatoms. The van der Waals surface area contributed by atoms with Crippen LogP contribution in [0.3, 0.4) is 0 Å². The summed E-state index contributed by atoms with van der Waals surface area (Å²) in [5.41, 5.74) is 4.02. The van der Waals surface area contributed by atoms with Gasteiger partial charge in [-0.2, -0.15) is 5.10 Å². The van der Waals surface area contributed by atoms with Crippen molar-refractivity contribution in [2.45, 2.75) is 13.5 Å². The topological polar surface area (TPSA) is 146 Å². The molecule has 0 amide bonds. The van der Waals surface area contributed by atoms with Crippen LogP contribution in [0.1, 0.15) is 12.5 Å². The standard InChI is InChI=1S/C27H32N6O6S2/c1-18(2)26-23(13-20(38-3)14-24(26)39-4)33(10-12-41(6,36)37)25-8-7-21-27(31-25)30-22(16-28-21)19-15-29-32(17-19)9-11-40(5,34)35/h7-8,13-17H,1,9-12H2,2-6H3. The van der Waals surface area contributed by atoms with E-state index in [1.165, 1.54) is 24.3 Å². The van der Waals surface area contributed by atoms with Crippen LogP contribution in [-0.4, -0.2) is 86.3 Å². The lowest BCUT2D eigenvalue weighted by Crippen LogP contribution is -2.26. The smallest absolute Gasteiger partial charge is 0.180 e. The van der Waals surface area contributed by atoms with Crippen molar-refractivity contribution >= 4 is 47.9 Å². The molecule has 0 spiro atoms. The Morgan fingerprint density at radius 2 is 1.73 bits per heavy atom. The van der Waals surface area contributed by atoms with E-state index in [1.54, 1.807) is 54.9 Å². The minimum atomic E-state index is -3.33. The van der Waals surface area contributed by atoms with Gasteiger partial charge >= 0.3 is 0 Å². The highest BCUT2D eigenvalue weighted by Crippen LogP contribution is 2.41. The number of pyridine rings is 1. The minimum absolute atomic E-state index is 0.0347. The fourth-order valence-electron chi connectivity index (χ4n) is 4.17. The molecule has 4 aromatic rings. The number of nitrogens with zero attached hydrogens (tertiary/aromatic N) is 6. The van der Waals surface area contributed by atoms with Crippen LogP contribution in [0.25, 0.3) is 28.0 Å². The van der Waals surface area contributed by atoms with Gasteiger partial charge in [-0.1, -0.05) is 6.58 Å². The maximum Gasteiger partial charge on any atom is 0.180 e. The average molecular weight is 601 g/mol. The lowest BCUT2D eigenvalue weighted by Gasteiger charge is -2.28. The van der Waals surface area contributed by atoms with Gasteiger partial charge in [-0.3, -0.25) is 9.67 Å². The second kappa shape index (κ2) is 11.8. The summed E-state index contributed by atoms with van der Waals surface area (Å²) in [5.74, 6) is 1.30. The number of ether oxygens (including phenoxy) is 2. The van der Waals surface area contributed by atoms with Crippen LogP contribution < -0.4 is 14.4 Å². The number of sulfone groups is 2. The van der Waals surface area contributed by atoms with Crippen molar-refractivity contribution in [3.8, 4) is 22.8 Å². The van der Waals surface area contributed by atoms with E-state index in [0.717, 1.165) is 0 Å². The Morgan fingerprint density at radius 3 is 2.37 bits per heavy atom. The molecule has 0 atom stereocenters. The molecule has 12 nitrogen and oxygen atoms in total. The number of aromatic nitrogens is 5. The number of allylic oxidation sites excluding steroid dienone is 1. The highest BCUT2D eigenvalue weighted by atomic mass is 32.2. The first-order valence-corrected chi connectivity index (χ1v) is 16.6. The number of methoxy groups -OCH3 is 2. The van der Waals surface area contributed by atoms with Crippen LogP contribution in [-0.2, 0) is 26.2 Å². The highest BCUT2D eigenvalue weighted by Gasteiger charge is 2.22. The molecule has 0 bridgehead atoms. The second-order valence-corrected chi connectivity index (χ2v) is 14.2. The predicted molar refractivity (Wildman–Crippen MR) is 159 cm³/mol. The van der Waals surface area contributed by atoms with Gasteiger partial charge in [0.2, 0.25) is 0 Å². The molecule has 0 aliphatic rings. The molecule has 3 heterocycles. The molecule has 218 valence electrons. The summed E-state index contributed by atoms with van der Waals surface area (Å²) in [6.07, 6.45) is 7.23. The number of hydrogen-bond acceptors (Lipinski definition) is 11. The number of anilines is 2. The summed E-state index contributed by atoms with van der Waals surface area (Å²) in [6, 6.07) is 7.03. The molecule has 0 saturated carbocycles. The largest absolute Gasteiger partial charge is 0.497 e. The van der Waals surface area contributed by atoms with E-state index in [1.807, 2.05) is 6.92 Å². The van der Waals surface area contributed by atoms with Crippen LogP contribution in [0.4, 0.5) is 11.5 Å². The first-order valence-electron chi connectivity index (χ1n) is 12.5. The van der Waals surface area contributed by atoms with Gasteiger partial charge in [0.25, 0.3) is 0 Å². The third-order valence-corrected chi connectivity index (χ3v) is 8.05. The van der Waals surface area contributed by atoms with E-state index in [4.69, 9.17) is 14.5 Å². The highest BCUT2D eigenvalue weighted by molar-refractivity contribution is 7.90. The van der Waals surface area contributed by atoms with E-state index in [0.29, 0.717) is 56.6 Å². The van der Waals surface area contributed by atoms with Gasteiger partial charge in [0, 0.05) is 48.5 Å². The van der Waals surface area contributed by atoms with Gasteiger partial charge in [-0.15, -0.1) is 0 Å². The molecule has 1 aromatic carbocycles. The van der Waals surface area contributed by atoms with Crippen molar-refractivity contribution in [2.24, 2.45) is 0 Å². The van der Waals surface area contributed by atoms with Gasteiger partial charge in [0.05, 0.1) is 56.0 Å². The minimum Gasteiger partial charge on any atom is -0.497 e. The van der Waals surface area contributed by atoms with Crippen LogP contribution in [0, 0.1) is 0 Å². The fourth-order valence-corrected chi connectivity index (χ4v) is 5.20. The maximum atomic E-state index is 12.2. The van der Waals surface area contributed by atoms with Crippen molar-refractivity contribution in [1.82, 2.24) is 24.7 Å². The van der Waals surface area contributed by atoms with E-state index < -0.39 is 19.7 Å². The molecule has 0 unspecified atom stereocenters. The van der Waals surface area contributed by atoms with E-state index >= 15 is 0 Å². The Bertz CT molecular complexity index is 1820. The molecule has 3 aromatic heterocycles. The summed E-state index contributed by atoms with van der Waals surface area (Å²) < 4.78 is 60.1. The van der Waals surface area contributed by atoms with Gasteiger partial charge in [0.1, 0.15) is 42.5 Å². The molecule has 0 fully saturated rings. The van der Waals surface area contributed by atoms with Crippen LogP contribution >= 0.6 is 0 Å². The van der Waals surface area contributed by atoms with Gasteiger partial charge in [-0.05, 0) is 24.6 Å². The molecule has 0 aliphatic carbocycles. The van der Waals surface area contributed by atoms with Gasteiger partial charge in [-0.25, -0.2) is 26.8 Å². The quantitative estimate of drug-likeness (QED) is 0.236. The van der Waals surface area contributed by atoms with Crippen molar-refractivity contribution in [3.63, 3.8) is 0 Å². The zero-order valence-electron chi connectivity index (χ0n) is 23.5. The maximum absolute atomic E-state index is 12.2. The van der Waals surface area contributed by atoms with Crippen LogP contribution in [0.2, 0.25) is 0 Å². The summed E-state index contributed by atoms with van der Waals surface area (Å²) in [7, 11) is -3.38. The van der Waals surface area contributed by atoms with Gasteiger partial charge in [0.15, 0.2) is 5.65 Å². The number of fused-ring (bicyclic) bond motifs is 1. The predicted octanol–water partition coefficient (Wildman–Crippen LogP) is 3.17. The number of rotatable bonds is 12. The van der Waals surface area contributed by atoms with Crippen molar-refractivity contribution < 1.29 is 26.3 Å². The first kappa shape index (κ1) is 29.9. The Kier molecular flexibility index (Phi) is 8.63. The van der Waals surface area contributed by atoms with Crippen molar-refractivity contribution in [2.75, 3.05) is 49.7 Å². The molecular formula is C27H32N6O6S2. The molecule has 4 rings (SSSR count). The second-order valence-electron chi connectivity index (χ2n) is 9.68. The van der Waals surface area contributed by atoms with Crippen molar-refractivity contribution in [3.05, 3.63) is 55.0 Å². The lowest BCUT2D eigenvalue weighted by molar-refractivity contribution is 0.393. The number of benzene rings is 1. The number of aryl methyl sites for hydroxylation is 1. The Balaban J connectivity index is 1.81. The Morgan fingerprint density at radius 1 is 1.00 bits per heavy atom. The SMILES string of the molecule is C=C(C)c1c(OC)cc(OC)cc1N(CCS(C)(=O)=O)c1ccc2ncc(-c3cnn(CCS(C)(=O)=O)c3)nc2n1. The van der Waals surface area contributed by atoms with Crippen LogP contribution in [0.5, 0.6) is 11.5 Å². The summed E-state index contributed by atoms with van der Waals surface area (Å²) in [6.45, 7) is 6.25. The molecular weight excluding hydrogens is 568 g/mol. The monoisotopic (exact) mass is 600 g/mol. The zero-order chi connectivity index (χ0) is 29.9. The lowest BCUT2D eigenvalue weighted by atomic mass is 10.0. The Hall–Kier alpha value is -4.04. The summed E-state index contributed by atoms with van der Waals surface area (Å²) in [4.78, 5) is 15.7. The molecule has 0 radical (unpaired) electrons. The van der Waals surface area contributed by atoms with E-state index in [-0.39, 0.29) is 24.6 Å². The van der Waals surface area contributed by atoms with Crippen LogP contribution in [0.15, 0.2) is 49.4 Å². The van der Waals surface area contributed by atoms with Gasteiger partial charge < -0.3 is 14.4 Å².